The zero-order valence-electron chi connectivity index (χ0n) is 22.9. The van der Waals surface area contributed by atoms with Crippen LogP contribution in [-0.4, -0.2) is 43.8 Å². The number of halogens is 1. The summed E-state index contributed by atoms with van der Waals surface area (Å²) >= 11 is 0. The predicted molar refractivity (Wildman–Crippen MR) is 154 cm³/mol. The van der Waals surface area contributed by atoms with Crippen molar-refractivity contribution in [2.24, 2.45) is 0 Å². The second-order valence-corrected chi connectivity index (χ2v) is 12.1. The van der Waals surface area contributed by atoms with E-state index in [2.05, 4.69) is 5.32 Å². The number of carbonyl (C=O) groups excluding carboxylic acids is 2. The SMILES string of the molecule is CC[C@H](C(=O)NC1CCCC1)N(Cc1ccc(C)cc1)C(=O)CN(c1ccc(F)cc1)S(=O)(=O)c1ccccc1. The zero-order valence-corrected chi connectivity index (χ0v) is 23.7. The topological polar surface area (TPSA) is 86.8 Å². The Morgan fingerprint density at radius 3 is 2.17 bits per heavy atom. The molecule has 0 aliphatic heterocycles. The van der Waals surface area contributed by atoms with Gasteiger partial charge in [-0.05, 0) is 68.1 Å². The summed E-state index contributed by atoms with van der Waals surface area (Å²) in [6, 6.07) is 19.7. The molecule has 0 heterocycles. The predicted octanol–water partition coefficient (Wildman–Crippen LogP) is 5.20. The van der Waals surface area contributed by atoms with E-state index in [9.17, 15) is 22.4 Å². The molecule has 0 aromatic heterocycles. The van der Waals surface area contributed by atoms with Crippen molar-refractivity contribution < 1.29 is 22.4 Å². The van der Waals surface area contributed by atoms with Gasteiger partial charge in [-0.25, -0.2) is 12.8 Å². The van der Waals surface area contributed by atoms with E-state index in [-0.39, 0.29) is 29.1 Å². The Hall–Kier alpha value is -3.72. The van der Waals surface area contributed by atoms with Crippen LogP contribution < -0.4 is 9.62 Å². The molecule has 1 aliphatic carbocycles. The highest BCUT2D eigenvalue weighted by Crippen LogP contribution is 2.25. The van der Waals surface area contributed by atoms with Gasteiger partial charge in [0.25, 0.3) is 10.0 Å². The molecule has 3 aromatic carbocycles. The van der Waals surface area contributed by atoms with Crippen LogP contribution in [0.15, 0.2) is 83.8 Å². The summed E-state index contributed by atoms with van der Waals surface area (Å²) in [7, 11) is -4.18. The first-order valence-electron chi connectivity index (χ1n) is 13.7. The van der Waals surface area contributed by atoms with Crippen LogP contribution in [0.25, 0.3) is 0 Å². The number of nitrogens with zero attached hydrogens (tertiary/aromatic N) is 2. The Kier molecular flexibility index (Phi) is 9.58. The number of hydrogen-bond donors (Lipinski definition) is 1. The van der Waals surface area contributed by atoms with E-state index in [1.165, 1.54) is 29.2 Å². The smallest absolute Gasteiger partial charge is 0.264 e. The third-order valence-corrected chi connectivity index (χ3v) is 9.07. The van der Waals surface area contributed by atoms with Gasteiger partial charge in [-0.2, -0.15) is 0 Å². The van der Waals surface area contributed by atoms with Crippen LogP contribution in [0.5, 0.6) is 0 Å². The molecular formula is C31H36FN3O4S. The van der Waals surface area contributed by atoms with E-state index in [0.717, 1.165) is 53.2 Å². The van der Waals surface area contributed by atoms with Gasteiger partial charge in [-0.15, -0.1) is 0 Å². The molecule has 4 rings (SSSR count). The lowest BCUT2D eigenvalue weighted by molar-refractivity contribution is -0.140. The molecular weight excluding hydrogens is 529 g/mol. The minimum atomic E-state index is -4.18. The van der Waals surface area contributed by atoms with Gasteiger partial charge in [0.2, 0.25) is 11.8 Å². The van der Waals surface area contributed by atoms with Gasteiger partial charge in [0.15, 0.2) is 0 Å². The Labute approximate surface area is 236 Å². The summed E-state index contributed by atoms with van der Waals surface area (Å²) in [6.07, 6.45) is 4.27. The van der Waals surface area contributed by atoms with Crippen LogP contribution in [0, 0.1) is 12.7 Å². The molecule has 1 aliphatic rings. The highest BCUT2D eigenvalue weighted by molar-refractivity contribution is 7.92. The van der Waals surface area contributed by atoms with Crippen LogP contribution in [0.3, 0.4) is 0 Å². The number of anilines is 1. The number of amides is 2. The Morgan fingerprint density at radius 2 is 1.57 bits per heavy atom. The zero-order chi connectivity index (χ0) is 28.7. The van der Waals surface area contributed by atoms with Crippen molar-refractivity contribution in [3.63, 3.8) is 0 Å². The molecule has 0 radical (unpaired) electrons. The molecule has 1 saturated carbocycles. The Balaban J connectivity index is 1.69. The van der Waals surface area contributed by atoms with Gasteiger partial charge in [-0.3, -0.25) is 13.9 Å². The molecule has 212 valence electrons. The van der Waals surface area contributed by atoms with Crippen molar-refractivity contribution in [1.29, 1.82) is 0 Å². The van der Waals surface area contributed by atoms with Crippen molar-refractivity contribution >= 4 is 27.5 Å². The molecule has 3 aromatic rings. The third kappa shape index (κ3) is 7.07. The van der Waals surface area contributed by atoms with Crippen LogP contribution in [-0.2, 0) is 26.2 Å². The van der Waals surface area contributed by atoms with Gasteiger partial charge in [-0.1, -0.05) is 67.8 Å². The lowest BCUT2D eigenvalue weighted by Gasteiger charge is -2.33. The molecule has 9 heteroatoms. The van der Waals surface area contributed by atoms with Crippen LogP contribution in [0.2, 0.25) is 0 Å². The van der Waals surface area contributed by atoms with Gasteiger partial charge < -0.3 is 10.2 Å². The second kappa shape index (κ2) is 13.1. The van der Waals surface area contributed by atoms with E-state index < -0.39 is 34.3 Å². The van der Waals surface area contributed by atoms with Crippen LogP contribution in [0.1, 0.15) is 50.2 Å². The number of hydrogen-bond acceptors (Lipinski definition) is 4. The Bertz CT molecular complexity index is 1390. The number of carbonyl (C=O) groups is 2. The fourth-order valence-electron chi connectivity index (χ4n) is 5.03. The van der Waals surface area contributed by atoms with Crippen molar-refractivity contribution in [2.45, 2.75) is 69.5 Å². The standard InChI is InChI=1S/C31H36FN3O4S/c1-3-29(31(37)33-26-9-7-8-10-26)34(21-24-15-13-23(2)14-16-24)30(36)22-35(27-19-17-25(32)18-20-27)40(38,39)28-11-5-4-6-12-28/h4-6,11-20,26,29H,3,7-10,21-22H2,1-2H3,(H,33,37)/t29-/m1/s1. The molecule has 1 N–H and O–H groups in total. The minimum Gasteiger partial charge on any atom is -0.352 e. The summed E-state index contributed by atoms with van der Waals surface area (Å²) < 4.78 is 42.2. The summed E-state index contributed by atoms with van der Waals surface area (Å²) in [6.45, 7) is 3.39. The van der Waals surface area contributed by atoms with E-state index in [4.69, 9.17) is 0 Å². The maximum absolute atomic E-state index is 14.1. The maximum Gasteiger partial charge on any atom is 0.264 e. The Morgan fingerprint density at radius 1 is 0.950 bits per heavy atom. The largest absolute Gasteiger partial charge is 0.352 e. The average Bonchev–Trinajstić information content (AvgIpc) is 3.46. The number of benzene rings is 3. The van der Waals surface area contributed by atoms with E-state index in [1.54, 1.807) is 18.2 Å². The summed E-state index contributed by atoms with van der Waals surface area (Å²) in [5.41, 5.74) is 2.03. The molecule has 0 bridgehead atoms. The molecule has 1 atom stereocenters. The summed E-state index contributed by atoms with van der Waals surface area (Å²) in [5.74, 6) is -1.30. The normalized spacial score (nSPS) is 14.5. The monoisotopic (exact) mass is 565 g/mol. The molecule has 40 heavy (non-hydrogen) atoms. The quantitative estimate of drug-likeness (QED) is 0.347. The highest BCUT2D eigenvalue weighted by atomic mass is 32.2. The molecule has 0 saturated heterocycles. The number of sulfonamides is 1. The summed E-state index contributed by atoms with van der Waals surface area (Å²) in [5, 5.41) is 3.10. The first-order valence-corrected chi connectivity index (χ1v) is 15.1. The lowest BCUT2D eigenvalue weighted by atomic mass is 10.1. The molecule has 1 fully saturated rings. The van der Waals surface area contributed by atoms with Crippen LogP contribution in [0.4, 0.5) is 10.1 Å². The van der Waals surface area contributed by atoms with Gasteiger partial charge in [0.05, 0.1) is 10.6 Å². The van der Waals surface area contributed by atoms with Crippen molar-refractivity contribution in [2.75, 3.05) is 10.8 Å². The number of nitrogens with one attached hydrogen (secondary N) is 1. The molecule has 2 amide bonds. The highest BCUT2D eigenvalue weighted by Gasteiger charge is 2.34. The van der Waals surface area contributed by atoms with Gasteiger partial charge in [0, 0.05) is 12.6 Å². The number of aryl methyl sites for hydroxylation is 1. The first-order chi connectivity index (χ1) is 19.2. The van der Waals surface area contributed by atoms with Gasteiger partial charge in [0.1, 0.15) is 18.4 Å². The van der Waals surface area contributed by atoms with E-state index in [1.807, 2.05) is 38.1 Å². The molecule has 7 nitrogen and oxygen atoms in total. The van der Waals surface area contributed by atoms with Crippen LogP contribution >= 0.6 is 0 Å². The minimum absolute atomic E-state index is 0.00299. The average molecular weight is 566 g/mol. The second-order valence-electron chi connectivity index (χ2n) is 10.2. The maximum atomic E-state index is 14.1. The van der Waals surface area contributed by atoms with E-state index >= 15 is 0 Å². The first kappa shape index (κ1) is 29.3. The van der Waals surface area contributed by atoms with Gasteiger partial charge >= 0.3 is 0 Å². The third-order valence-electron chi connectivity index (χ3n) is 7.29. The fraction of sp³-hybridized carbons (Fsp3) is 0.355. The molecule has 0 spiro atoms. The molecule has 0 unspecified atom stereocenters. The van der Waals surface area contributed by atoms with E-state index in [0.29, 0.717) is 6.42 Å². The van der Waals surface area contributed by atoms with Crippen molar-refractivity contribution in [3.8, 4) is 0 Å². The summed E-state index contributed by atoms with van der Waals surface area (Å²) in [4.78, 5) is 29.0. The lowest BCUT2D eigenvalue weighted by Crippen LogP contribution is -2.53. The van der Waals surface area contributed by atoms with Crippen molar-refractivity contribution in [3.05, 3.63) is 95.8 Å². The number of rotatable bonds is 11. The fourth-order valence-corrected chi connectivity index (χ4v) is 6.47. The van der Waals surface area contributed by atoms with Crippen molar-refractivity contribution in [1.82, 2.24) is 10.2 Å².